The molecule has 2 fully saturated rings. The molecule has 0 bridgehead atoms. The van der Waals surface area contributed by atoms with Crippen LogP contribution in [0.4, 0.5) is 4.39 Å². The molecule has 5 nitrogen and oxygen atoms in total. The van der Waals surface area contributed by atoms with Gasteiger partial charge in [-0.15, -0.1) is 0 Å². The Morgan fingerprint density at radius 3 is 2.66 bits per heavy atom. The predicted molar refractivity (Wildman–Crippen MR) is 118 cm³/mol. The van der Waals surface area contributed by atoms with E-state index in [1.165, 1.54) is 23.3 Å². The van der Waals surface area contributed by atoms with Gasteiger partial charge in [-0.25, -0.2) is 17.5 Å². The van der Waals surface area contributed by atoms with Crippen molar-refractivity contribution in [2.24, 2.45) is 23.2 Å². The lowest BCUT2D eigenvalue weighted by Gasteiger charge is -2.49. The molecular formula is C25H28FNO4S. The first-order chi connectivity index (χ1) is 15.2. The van der Waals surface area contributed by atoms with Crippen molar-refractivity contribution in [3.63, 3.8) is 0 Å². The molecule has 3 aliphatic carbocycles. The molecule has 0 aliphatic heterocycles. The van der Waals surface area contributed by atoms with E-state index in [1.54, 1.807) is 6.07 Å². The van der Waals surface area contributed by atoms with Crippen molar-refractivity contribution in [2.75, 3.05) is 6.54 Å². The summed E-state index contributed by atoms with van der Waals surface area (Å²) in [5.41, 5.74) is 2.04. The Bertz CT molecular complexity index is 1160. The maximum Gasteiger partial charge on any atom is 0.240 e. The van der Waals surface area contributed by atoms with Crippen LogP contribution in [0.2, 0.25) is 0 Å². The van der Waals surface area contributed by atoms with Crippen LogP contribution in [-0.4, -0.2) is 25.9 Å². The highest BCUT2D eigenvalue weighted by atomic mass is 32.2. The van der Waals surface area contributed by atoms with Crippen molar-refractivity contribution in [2.45, 2.75) is 49.8 Å². The van der Waals surface area contributed by atoms with E-state index in [2.05, 4.69) is 11.6 Å². The highest BCUT2D eigenvalue weighted by Gasteiger charge is 2.58. The lowest BCUT2D eigenvalue weighted by atomic mass is 9.54. The standard InChI is InChI=1S/C25H28FNO4S/c1-25-11-10-21-20-9-5-18(28)12-15(20)2-8-22(21)24(25)16(13-23(25)29)14-27-32(30,31)19-6-3-17(26)4-7-19/h3-7,9,12,16,21-22,24,27-28H,2,8,10-11,13-14H2,1H3/t16-,21-,22-,24+,25-/m1/s1. The monoisotopic (exact) mass is 457 g/mol. The number of ketones is 1. The van der Waals surface area contributed by atoms with Crippen LogP contribution in [-0.2, 0) is 21.2 Å². The van der Waals surface area contributed by atoms with Crippen molar-refractivity contribution in [3.8, 4) is 5.75 Å². The number of hydrogen-bond acceptors (Lipinski definition) is 4. The Hall–Kier alpha value is -2.25. The van der Waals surface area contributed by atoms with Crippen LogP contribution in [0.1, 0.15) is 49.7 Å². The zero-order chi connectivity index (χ0) is 22.7. The number of benzene rings is 2. The molecule has 2 aromatic carbocycles. The van der Waals surface area contributed by atoms with Gasteiger partial charge in [-0.1, -0.05) is 13.0 Å². The van der Waals surface area contributed by atoms with Crippen LogP contribution >= 0.6 is 0 Å². The zero-order valence-electron chi connectivity index (χ0n) is 18.1. The first-order valence-electron chi connectivity index (χ1n) is 11.3. The second kappa shape index (κ2) is 7.66. The molecule has 2 aromatic rings. The van der Waals surface area contributed by atoms with Gasteiger partial charge in [-0.2, -0.15) is 0 Å². The minimum Gasteiger partial charge on any atom is -0.508 e. The summed E-state index contributed by atoms with van der Waals surface area (Å²) in [4.78, 5) is 13.1. The van der Waals surface area contributed by atoms with Gasteiger partial charge in [0, 0.05) is 18.4 Å². The number of hydrogen-bond donors (Lipinski definition) is 2. The lowest BCUT2D eigenvalue weighted by molar-refractivity contribution is -0.129. The maximum atomic E-state index is 13.2. The fraction of sp³-hybridized carbons (Fsp3) is 0.480. The molecule has 5 atom stereocenters. The highest BCUT2D eigenvalue weighted by Crippen LogP contribution is 2.61. The van der Waals surface area contributed by atoms with Gasteiger partial charge in [0.05, 0.1) is 4.90 Å². The largest absolute Gasteiger partial charge is 0.508 e. The number of aryl methyl sites for hydroxylation is 1. The molecule has 0 aromatic heterocycles. The minimum absolute atomic E-state index is 0.0268. The molecule has 0 unspecified atom stereocenters. The molecule has 32 heavy (non-hydrogen) atoms. The van der Waals surface area contributed by atoms with Crippen LogP contribution < -0.4 is 4.72 Å². The number of phenols is 1. The SMILES string of the molecule is C[C@]12CC[C@@H]3c4ccc(O)cc4CC[C@H]3[C@@H]1[C@@H](CNS(=O)(=O)c1ccc(F)cc1)CC2=O. The predicted octanol–water partition coefficient (Wildman–Crippen LogP) is 4.16. The number of carbonyl (C=O) groups excluding carboxylic acids is 1. The van der Waals surface area contributed by atoms with E-state index in [1.807, 2.05) is 12.1 Å². The Morgan fingerprint density at radius 2 is 1.91 bits per heavy atom. The summed E-state index contributed by atoms with van der Waals surface area (Å²) in [7, 11) is -3.78. The topological polar surface area (TPSA) is 83.5 Å². The average molecular weight is 458 g/mol. The van der Waals surface area contributed by atoms with Gasteiger partial charge >= 0.3 is 0 Å². The average Bonchev–Trinajstić information content (AvgIpc) is 3.02. The van der Waals surface area contributed by atoms with E-state index in [-0.39, 0.29) is 34.8 Å². The van der Waals surface area contributed by atoms with Crippen LogP contribution in [0, 0.1) is 29.0 Å². The number of carbonyl (C=O) groups is 1. The smallest absolute Gasteiger partial charge is 0.240 e. The van der Waals surface area contributed by atoms with E-state index >= 15 is 0 Å². The number of halogens is 1. The molecule has 0 saturated heterocycles. The summed E-state index contributed by atoms with van der Waals surface area (Å²) >= 11 is 0. The summed E-state index contributed by atoms with van der Waals surface area (Å²) in [5, 5.41) is 9.88. The van der Waals surface area contributed by atoms with E-state index in [0.717, 1.165) is 37.8 Å². The number of fused-ring (bicyclic) bond motifs is 5. The summed E-state index contributed by atoms with van der Waals surface area (Å²) in [5.74, 6) is 0.744. The Kier molecular flexibility index (Phi) is 5.17. The van der Waals surface area contributed by atoms with Crippen LogP contribution in [0.25, 0.3) is 0 Å². The molecule has 170 valence electrons. The van der Waals surface area contributed by atoms with Gasteiger partial charge in [0.25, 0.3) is 0 Å². The van der Waals surface area contributed by atoms with E-state index < -0.39 is 21.3 Å². The summed E-state index contributed by atoms with van der Waals surface area (Å²) in [6, 6.07) is 10.4. The van der Waals surface area contributed by atoms with Crippen LogP contribution in [0.15, 0.2) is 47.4 Å². The number of sulfonamides is 1. The number of Topliss-reactive ketones (excluding diaryl/α,β-unsaturated/α-hetero) is 1. The molecule has 5 rings (SSSR count). The summed E-state index contributed by atoms with van der Waals surface area (Å²) in [6.07, 6.45) is 3.93. The molecular weight excluding hydrogens is 429 g/mol. The second-order valence-electron chi connectivity index (χ2n) is 9.87. The normalized spacial score (nSPS) is 31.6. The molecule has 0 spiro atoms. The van der Waals surface area contributed by atoms with Gasteiger partial charge in [0.1, 0.15) is 17.3 Å². The first kappa shape index (κ1) is 21.6. The van der Waals surface area contributed by atoms with Crippen LogP contribution in [0.5, 0.6) is 5.75 Å². The number of aromatic hydroxyl groups is 1. The van der Waals surface area contributed by atoms with E-state index in [9.17, 15) is 22.7 Å². The van der Waals surface area contributed by atoms with Gasteiger partial charge in [-0.3, -0.25) is 4.79 Å². The molecule has 2 N–H and O–H groups in total. The highest BCUT2D eigenvalue weighted by molar-refractivity contribution is 7.89. The summed E-state index contributed by atoms with van der Waals surface area (Å²) in [6.45, 7) is 2.27. The molecule has 7 heteroatoms. The molecule has 0 heterocycles. The third-order valence-corrected chi connectivity index (χ3v) is 9.65. The van der Waals surface area contributed by atoms with Gasteiger partial charge in [0.2, 0.25) is 10.0 Å². The summed E-state index contributed by atoms with van der Waals surface area (Å²) < 4.78 is 41.4. The van der Waals surface area contributed by atoms with Crippen molar-refractivity contribution < 1.29 is 22.7 Å². The number of nitrogens with one attached hydrogen (secondary N) is 1. The van der Waals surface area contributed by atoms with Gasteiger partial charge in [0.15, 0.2) is 0 Å². The Balaban J connectivity index is 1.40. The Morgan fingerprint density at radius 1 is 1.16 bits per heavy atom. The second-order valence-corrected chi connectivity index (χ2v) is 11.6. The molecule has 0 radical (unpaired) electrons. The fourth-order valence-corrected chi connectivity index (χ4v) is 7.82. The van der Waals surface area contributed by atoms with E-state index in [4.69, 9.17) is 0 Å². The van der Waals surface area contributed by atoms with Crippen molar-refractivity contribution in [1.29, 1.82) is 0 Å². The molecule has 2 saturated carbocycles. The third-order valence-electron chi connectivity index (χ3n) is 8.21. The quantitative estimate of drug-likeness (QED) is 0.722. The number of rotatable bonds is 4. The maximum absolute atomic E-state index is 13.2. The van der Waals surface area contributed by atoms with Crippen LogP contribution in [0.3, 0.4) is 0 Å². The zero-order valence-corrected chi connectivity index (χ0v) is 18.9. The lowest BCUT2D eigenvalue weighted by Crippen LogP contribution is -2.46. The first-order valence-corrected chi connectivity index (χ1v) is 12.8. The van der Waals surface area contributed by atoms with Gasteiger partial charge < -0.3 is 5.11 Å². The third kappa shape index (κ3) is 3.46. The van der Waals surface area contributed by atoms with Crippen molar-refractivity contribution in [3.05, 3.63) is 59.4 Å². The molecule has 0 amide bonds. The fourth-order valence-electron chi connectivity index (χ4n) is 6.72. The molecule has 3 aliphatic rings. The van der Waals surface area contributed by atoms with E-state index in [0.29, 0.717) is 18.3 Å². The van der Waals surface area contributed by atoms with Gasteiger partial charge in [-0.05, 0) is 96.9 Å². The van der Waals surface area contributed by atoms with Crippen molar-refractivity contribution in [1.82, 2.24) is 4.72 Å². The van der Waals surface area contributed by atoms with Crippen molar-refractivity contribution >= 4 is 15.8 Å². The number of phenolic OH excluding ortho intramolecular Hbond substituents is 1. The Labute approximate surface area is 188 Å². The minimum atomic E-state index is -3.78.